The molecule has 9 heteroatoms. The van der Waals surface area contributed by atoms with Crippen LogP contribution in [0.4, 0.5) is 5.69 Å². The summed E-state index contributed by atoms with van der Waals surface area (Å²) >= 11 is 0. The van der Waals surface area contributed by atoms with Crippen LogP contribution >= 0.6 is 0 Å². The van der Waals surface area contributed by atoms with E-state index in [0.29, 0.717) is 11.4 Å². The van der Waals surface area contributed by atoms with Gasteiger partial charge < -0.3 is 4.74 Å². The van der Waals surface area contributed by atoms with E-state index in [-0.39, 0.29) is 29.8 Å². The summed E-state index contributed by atoms with van der Waals surface area (Å²) in [4.78, 5) is 14.2. The van der Waals surface area contributed by atoms with Crippen LogP contribution in [-0.4, -0.2) is 41.8 Å². The Balaban J connectivity index is 1.74. The molecule has 1 fully saturated rings. The lowest BCUT2D eigenvalue weighted by molar-refractivity contribution is -0.385. The Morgan fingerprint density at radius 3 is 2.67 bits per heavy atom. The number of aromatic nitrogens is 1. The zero-order valence-electron chi connectivity index (χ0n) is 12.8. The van der Waals surface area contributed by atoms with E-state index in [1.54, 1.807) is 31.3 Å². The summed E-state index contributed by atoms with van der Waals surface area (Å²) in [5, 5.41) is 10.9. The molecule has 0 radical (unpaired) electrons. The number of rotatable bonds is 5. The fourth-order valence-corrected chi connectivity index (χ4v) is 4.13. The summed E-state index contributed by atoms with van der Waals surface area (Å²) in [5.74, 6) is 0.436. The number of aryl methyl sites for hydroxylation is 1. The Morgan fingerprint density at radius 2 is 2.04 bits per heavy atom. The number of pyridine rings is 1. The minimum absolute atomic E-state index is 0.0482. The maximum Gasteiger partial charge on any atom is 0.270 e. The highest BCUT2D eigenvalue weighted by atomic mass is 32.2. The van der Waals surface area contributed by atoms with Crippen molar-refractivity contribution in [2.45, 2.75) is 17.9 Å². The molecule has 0 atom stereocenters. The van der Waals surface area contributed by atoms with Gasteiger partial charge in [-0.1, -0.05) is 12.1 Å². The van der Waals surface area contributed by atoms with Gasteiger partial charge in [0.1, 0.15) is 6.10 Å². The normalized spacial score (nSPS) is 15.7. The number of non-ortho nitro benzene ring substituents is 1. The maximum absolute atomic E-state index is 12.6. The van der Waals surface area contributed by atoms with Crippen molar-refractivity contribution in [3.8, 4) is 5.88 Å². The van der Waals surface area contributed by atoms with Crippen LogP contribution in [0.15, 0.2) is 47.5 Å². The topological polar surface area (TPSA) is 103 Å². The first-order valence-electron chi connectivity index (χ1n) is 7.21. The Bertz CT molecular complexity index is 864. The highest BCUT2D eigenvalue weighted by molar-refractivity contribution is 7.89. The number of sulfonamides is 1. The van der Waals surface area contributed by atoms with Crippen LogP contribution in [-0.2, 0) is 10.0 Å². The van der Waals surface area contributed by atoms with Gasteiger partial charge in [-0.3, -0.25) is 10.1 Å². The molecule has 0 N–H and O–H groups in total. The molecule has 0 unspecified atom stereocenters. The summed E-state index contributed by atoms with van der Waals surface area (Å²) in [6.45, 7) is 1.97. The largest absolute Gasteiger partial charge is 0.472 e. The van der Waals surface area contributed by atoms with Crippen molar-refractivity contribution in [1.82, 2.24) is 9.29 Å². The van der Waals surface area contributed by atoms with Gasteiger partial charge in [-0.25, -0.2) is 13.4 Å². The molecule has 1 aromatic heterocycles. The van der Waals surface area contributed by atoms with Gasteiger partial charge in [-0.2, -0.15) is 4.31 Å². The van der Waals surface area contributed by atoms with Crippen molar-refractivity contribution >= 4 is 15.7 Å². The van der Waals surface area contributed by atoms with Gasteiger partial charge >= 0.3 is 0 Å². The van der Waals surface area contributed by atoms with Crippen LogP contribution in [0.3, 0.4) is 0 Å². The molecule has 3 rings (SSSR count). The van der Waals surface area contributed by atoms with Crippen molar-refractivity contribution in [2.75, 3.05) is 13.1 Å². The standard InChI is InChI=1S/C15H15N3O5S/c1-11-5-6-12(18(19)20)8-14(11)24(21,22)17-9-13(10-17)23-15-4-2-3-7-16-15/h2-8,13H,9-10H2,1H3. The molecule has 1 saturated heterocycles. The fourth-order valence-electron chi connectivity index (χ4n) is 2.38. The van der Waals surface area contributed by atoms with E-state index in [0.717, 1.165) is 6.07 Å². The number of hydrogen-bond acceptors (Lipinski definition) is 6. The predicted octanol–water partition coefficient (Wildman–Crippen LogP) is 1.75. The average Bonchev–Trinajstić information content (AvgIpc) is 2.51. The molecule has 0 spiro atoms. The number of nitrogens with zero attached hydrogens (tertiary/aromatic N) is 3. The monoisotopic (exact) mass is 349 g/mol. The molecule has 2 aromatic rings. The van der Waals surface area contributed by atoms with Crippen LogP contribution in [0.2, 0.25) is 0 Å². The minimum atomic E-state index is -3.79. The Kier molecular flexibility index (Phi) is 4.20. The van der Waals surface area contributed by atoms with Crippen LogP contribution < -0.4 is 4.74 Å². The molecule has 1 aliphatic rings. The molecule has 0 saturated carbocycles. The molecule has 0 bridgehead atoms. The van der Waals surface area contributed by atoms with E-state index in [1.807, 2.05) is 0 Å². The van der Waals surface area contributed by atoms with Gasteiger partial charge in [0.2, 0.25) is 15.9 Å². The molecule has 126 valence electrons. The molecule has 0 amide bonds. The fraction of sp³-hybridized carbons (Fsp3) is 0.267. The minimum Gasteiger partial charge on any atom is -0.472 e. The third-order valence-corrected chi connectivity index (χ3v) is 5.71. The second kappa shape index (κ2) is 6.17. The zero-order valence-corrected chi connectivity index (χ0v) is 13.6. The molecule has 1 aromatic carbocycles. The molecule has 24 heavy (non-hydrogen) atoms. The lowest BCUT2D eigenvalue weighted by Crippen LogP contribution is -2.56. The van der Waals surface area contributed by atoms with E-state index >= 15 is 0 Å². The highest BCUT2D eigenvalue weighted by Crippen LogP contribution is 2.28. The van der Waals surface area contributed by atoms with E-state index in [2.05, 4.69) is 4.98 Å². The molecule has 8 nitrogen and oxygen atoms in total. The quantitative estimate of drug-likeness (QED) is 0.602. The Morgan fingerprint density at radius 1 is 1.29 bits per heavy atom. The smallest absolute Gasteiger partial charge is 0.270 e. The second-order valence-electron chi connectivity index (χ2n) is 5.44. The van der Waals surface area contributed by atoms with Gasteiger partial charge in [0.25, 0.3) is 5.69 Å². The van der Waals surface area contributed by atoms with Crippen LogP contribution in [0.1, 0.15) is 5.56 Å². The molecule has 0 aliphatic carbocycles. The van der Waals surface area contributed by atoms with Crippen molar-refractivity contribution in [3.63, 3.8) is 0 Å². The van der Waals surface area contributed by atoms with Crippen LogP contribution in [0.25, 0.3) is 0 Å². The highest BCUT2D eigenvalue weighted by Gasteiger charge is 2.39. The summed E-state index contributed by atoms with van der Waals surface area (Å²) in [5.41, 5.74) is 0.218. The Labute approximate surface area is 138 Å². The number of hydrogen-bond donors (Lipinski definition) is 0. The molecular weight excluding hydrogens is 334 g/mol. The van der Waals surface area contributed by atoms with Crippen LogP contribution in [0, 0.1) is 17.0 Å². The first-order valence-corrected chi connectivity index (χ1v) is 8.65. The van der Waals surface area contributed by atoms with E-state index in [1.165, 1.54) is 16.4 Å². The van der Waals surface area contributed by atoms with Crippen molar-refractivity contribution in [2.24, 2.45) is 0 Å². The molecular formula is C15H15N3O5S. The molecule has 2 heterocycles. The average molecular weight is 349 g/mol. The summed E-state index contributed by atoms with van der Waals surface area (Å²) in [6.07, 6.45) is 1.31. The van der Waals surface area contributed by atoms with Gasteiger partial charge in [0.05, 0.1) is 22.9 Å². The van der Waals surface area contributed by atoms with Gasteiger partial charge in [0.15, 0.2) is 0 Å². The van der Waals surface area contributed by atoms with Crippen LogP contribution in [0.5, 0.6) is 5.88 Å². The Hall–Kier alpha value is -2.52. The summed E-state index contributed by atoms with van der Waals surface area (Å²) in [6, 6.07) is 9.06. The first kappa shape index (κ1) is 16.3. The third kappa shape index (κ3) is 3.08. The number of nitro groups is 1. The van der Waals surface area contributed by atoms with E-state index < -0.39 is 14.9 Å². The zero-order chi connectivity index (χ0) is 17.3. The van der Waals surface area contributed by atoms with Gasteiger partial charge in [-0.15, -0.1) is 0 Å². The summed E-state index contributed by atoms with van der Waals surface area (Å²) in [7, 11) is -3.79. The van der Waals surface area contributed by atoms with Crippen molar-refractivity contribution < 1.29 is 18.1 Å². The van der Waals surface area contributed by atoms with Gasteiger partial charge in [0, 0.05) is 24.4 Å². The lowest BCUT2D eigenvalue weighted by Gasteiger charge is -2.37. The lowest BCUT2D eigenvalue weighted by atomic mass is 10.2. The number of benzene rings is 1. The first-order chi connectivity index (χ1) is 11.4. The second-order valence-corrected chi connectivity index (χ2v) is 7.34. The molecule has 1 aliphatic heterocycles. The van der Waals surface area contributed by atoms with E-state index in [4.69, 9.17) is 4.74 Å². The van der Waals surface area contributed by atoms with Gasteiger partial charge in [-0.05, 0) is 18.6 Å². The SMILES string of the molecule is Cc1ccc([N+](=O)[O-])cc1S(=O)(=O)N1CC(Oc2ccccn2)C1. The van der Waals surface area contributed by atoms with Crippen molar-refractivity contribution in [1.29, 1.82) is 0 Å². The van der Waals surface area contributed by atoms with E-state index in [9.17, 15) is 18.5 Å². The number of nitro benzene ring substituents is 1. The third-order valence-electron chi connectivity index (χ3n) is 3.74. The summed E-state index contributed by atoms with van der Waals surface area (Å²) < 4.78 is 32.1. The van der Waals surface area contributed by atoms with Crippen molar-refractivity contribution in [3.05, 3.63) is 58.3 Å². The maximum atomic E-state index is 12.6. The predicted molar refractivity (Wildman–Crippen MR) is 85.2 cm³/mol. The number of ether oxygens (including phenoxy) is 1.